The van der Waals surface area contributed by atoms with Gasteiger partial charge in [-0.2, -0.15) is 0 Å². The van der Waals surface area contributed by atoms with Crippen molar-refractivity contribution in [3.63, 3.8) is 0 Å². The molecule has 0 bridgehead atoms. The van der Waals surface area contributed by atoms with Crippen molar-refractivity contribution in [2.45, 2.75) is 6.92 Å². The highest BCUT2D eigenvalue weighted by Gasteiger charge is 2.09. The van der Waals surface area contributed by atoms with E-state index < -0.39 is 5.82 Å². The Balaban J connectivity index is 3.00. The maximum atomic E-state index is 13.3. The van der Waals surface area contributed by atoms with E-state index in [-0.39, 0.29) is 5.52 Å². The summed E-state index contributed by atoms with van der Waals surface area (Å²) in [6.45, 7) is 1.76. The molecule has 0 unspecified atom stereocenters. The fourth-order valence-corrected chi connectivity index (χ4v) is 1.69. The van der Waals surface area contributed by atoms with Crippen LogP contribution >= 0.6 is 11.6 Å². The van der Waals surface area contributed by atoms with Crippen molar-refractivity contribution in [1.82, 2.24) is 4.98 Å². The number of pyridine rings is 1. The van der Waals surface area contributed by atoms with Crippen LogP contribution < -0.4 is 5.73 Å². The zero-order chi connectivity index (χ0) is 10.3. The van der Waals surface area contributed by atoms with Crippen LogP contribution in [0.3, 0.4) is 0 Å². The minimum Gasteiger partial charge on any atom is -0.398 e. The summed E-state index contributed by atoms with van der Waals surface area (Å²) in [6, 6.07) is 4.44. The van der Waals surface area contributed by atoms with E-state index >= 15 is 0 Å². The van der Waals surface area contributed by atoms with Gasteiger partial charge in [0.25, 0.3) is 0 Å². The van der Waals surface area contributed by atoms with Crippen LogP contribution in [0, 0.1) is 12.7 Å². The summed E-state index contributed by atoms with van der Waals surface area (Å²) in [5, 5.41) is 0.906. The molecule has 0 aliphatic rings. The third-order valence-electron chi connectivity index (χ3n) is 2.02. The van der Waals surface area contributed by atoms with E-state index in [0.29, 0.717) is 21.8 Å². The van der Waals surface area contributed by atoms with Crippen LogP contribution in [0.1, 0.15) is 5.69 Å². The molecule has 72 valence electrons. The normalized spacial score (nSPS) is 10.8. The lowest BCUT2D eigenvalue weighted by Crippen LogP contribution is -1.94. The Labute approximate surface area is 85.5 Å². The lowest BCUT2D eigenvalue weighted by molar-refractivity contribution is 0.636. The maximum absolute atomic E-state index is 13.3. The van der Waals surface area contributed by atoms with Gasteiger partial charge in [0.1, 0.15) is 11.3 Å². The number of nitrogens with zero attached hydrogens (tertiary/aromatic N) is 1. The molecule has 0 aliphatic heterocycles. The summed E-state index contributed by atoms with van der Waals surface area (Å²) >= 11 is 5.90. The lowest BCUT2D eigenvalue weighted by Gasteiger charge is -2.05. The number of nitrogens with two attached hydrogens (primary N) is 1. The predicted octanol–water partition coefficient (Wildman–Crippen LogP) is 2.92. The number of anilines is 1. The number of fused-ring (bicyclic) bond motifs is 1. The van der Waals surface area contributed by atoms with Gasteiger partial charge in [0.15, 0.2) is 0 Å². The first-order valence-electron chi connectivity index (χ1n) is 4.10. The minimum absolute atomic E-state index is 0.231. The molecule has 0 atom stereocenters. The van der Waals surface area contributed by atoms with Crippen LogP contribution in [0.15, 0.2) is 18.2 Å². The number of benzene rings is 1. The summed E-state index contributed by atoms with van der Waals surface area (Å²) in [5.41, 5.74) is 7.10. The van der Waals surface area contributed by atoms with Crippen LogP contribution in [0.2, 0.25) is 5.02 Å². The summed E-state index contributed by atoms with van der Waals surface area (Å²) in [4.78, 5) is 4.06. The summed E-state index contributed by atoms with van der Waals surface area (Å²) in [6.07, 6.45) is 0. The lowest BCUT2D eigenvalue weighted by atomic mass is 10.1. The third kappa shape index (κ3) is 1.30. The molecule has 0 radical (unpaired) electrons. The highest BCUT2D eigenvalue weighted by atomic mass is 35.5. The molecule has 4 heteroatoms. The molecule has 14 heavy (non-hydrogen) atoms. The number of hydrogen-bond donors (Lipinski definition) is 1. The number of halogens is 2. The van der Waals surface area contributed by atoms with E-state index in [1.807, 2.05) is 0 Å². The van der Waals surface area contributed by atoms with Crippen LogP contribution in [-0.4, -0.2) is 4.98 Å². The van der Waals surface area contributed by atoms with E-state index in [9.17, 15) is 4.39 Å². The van der Waals surface area contributed by atoms with E-state index in [0.717, 1.165) is 0 Å². The molecular weight excluding hydrogens is 203 g/mol. The monoisotopic (exact) mass is 210 g/mol. The Morgan fingerprint density at radius 3 is 2.86 bits per heavy atom. The molecule has 0 saturated heterocycles. The van der Waals surface area contributed by atoms with Gasteiger partial charge in [-0.05, 0) is 25.1 Å². The third-order valence-corrected chi connectivity index (χ3v) is 2.33. The summed E-state index contributed by atoms with van der Waals surface area (Å²) < 4.78 is 13.3. The molecule has 1 heterocycles. The molecule has 0 fully saturated rings. The molecule has 2 rings (SSSR count). The molecule has 0 aliphatic carbocycles. The molecule has 2 N–H and O–H groups in total. The summed E-state index contributed by atoms with van der Waals surface area (Å²) in [5.74, 6) is -0.403. The van der Waals surface area contributed by atoms with Crippen molar-refractivity contribution in [3.05, 3.63) is 34.7 Å². The molecule has 1 aromatic heterocycles. The van der Waals surface area contributed by atoms with Crippen molar-refractivity contribution in [1.29, 1.82) is 0 Å². The number of hydrogen-bond acceptors (Lipinski definition) is 2. The Hall–Kier alpha value is -1.35. The van der Waals surface area contributed by atoms with Crippen LogP contribution in [0.4, 0.5) is 10.1 Å². The first-order chi connectivity index (χ1) is 6.59. The Morgan fingerprint density at radius 1 is 1.43 bits per heavy atom. The second kappa shape index (κ2) is 3.10. The average molecular weight is 211 g/mol. The number of aromatic nitrogens is 1. The maximum Gasteiger partial charge on any atom is 0.149 e. The first kappa shape index (κ1) is 9.21. The van der Waals surface area contributed by atoms with Gasteiger partial charge in [-0.15, -0.1) is 0 Å². The highest BCUT2D eigenvalue weighted by Crippen LogP contribution is 2.29. The van der Waals surface area contributed by atoms with Gasteiger partial charge in [-0.3, -0.25) is 0 Å². The fourth-order valence-electron chi connectivity index (χ4n) is 1.43. The van der Waals surface area contributed by atoms with Gasteiger partial charge < -0.3 is 5.73 Å². The van der Waals surface area contributed by atoms with Crippen molar-refractivity contribution in [3.8, 4) is 0 Å². The molecule has 0 spiro atoms. The molecule has 2 aromatic rings. The predicted molar refractivity (Wildman–Crippen MR) is 55.9 cm³/mol. The number of nitrogen functional groups attached to an aromatic ring is 1. The smallest absolute Gasteiger partial charge is 0.149 e. The minimum atomic E-state index is -0.403. The highest BCUT2D eigenvalue weighted by molar-refractivity contribution is 6.36. The zero-order valence-electron chi connectivity index (χ0n) is 7.51. The van der Waals surface area contributed by atoms with Gasteiger partial charge in [-0.25, -0.2) is 9.37 Å². The molecular formula is C10H8ClFN2. The molecule has 1 aromatic carbocycles. The standard InChI is InChI=1S/C10H8ClFN2/c1-5-4-8(13)9-6(11)2-3-7(12)10(9)14-5/h2-4H,1H3,(H2,13,14). The SMILES string of the molecule is Cc1cc(N)c2c(Cl)ccc(F)c2n1. The number of aryl methyl sites for hydroxylation is 1. The molecule has 2 nitrogen and oxygen atoms in total. The fraction of sp³-hybridized carbons (Fsp3) is 0.100. The van der Waals surface area contributed by atoms with E-state index in [1.165, 1.54) is 12.1 Å². The van der Waals surface area contributed by atoms with Crippen LogP contribution in [0.25, 0.3) is 10.9 Å². The molecule has 0 saturated carbocycles. The van der Waals surface area contributed by atoms with Crippen LogP contribution in [0.5, 0.6) is 0 Å². The topological polar surface area (TPSA) is 38.9 Å². The average Bonchev–Trinajstić information content (AvgIpc) is 2.10. The van der Waals surface area contributed by atoms with Gasteiger partial charge in [0.05, 0.1) is 5.02 Å². The van der Waals surface area contributed by atoms with Crippen molar-refractivity contribution in [2.24, 2.45) is 0 Å². The second-order valence-corrected chi connectivity index (χ2v) is 3.51. The molecule has 0 amide bonds. The largest absolute Gasteiger partial charge is 0.398 e. The van der Waals surface area contributed by atoms with Crippen molar-refractivity contribution in [2.75, 3.05) is 5.73 Å². The van der Waals surface area contributed by atoms with Crippen molar-refractivity contribution >= 4 is 28.2 Å². The Morgan fingerprint density at radius 2 is 2.14 bits per heavy atom. The Kier molecular flexibility index (Phi) is 2.04. The van der Waals surface area contributed by atoms with E-state index in [4.69, 9.17) is 17.3 Å². The quantitative estimate of drug-likeness (QED) is 0.726. The van der Waals surface area contributed by atoms with Gasteiger partial charge in [-0.1, -0.05) is 11.6 Å². The van der Waals surface area contributed by atoms with E-state index in [1.54, 1.807) is 13.0 Å². The Bertz CT molecular complexity index is 511. The van der Waals surface area contributed by atoms with E-state index in [2.05, 4.69) is 4.98 Å². The van der Waals surface area contributed by atoms with Gasteiger partial charge >= 0.3 is 0 Å². The first-order valence-corrected chi connectivity index (χ1v) is 4.48. The second-order valence-electron chi connectivity index (χ2n) is 3.11. The zero-order valence-corrected chi connectivity index (χ0v) is 8.27. The van der Waals surface area contributed by atoms with Crippen LogP contribution in [-0.2, 0) is 0 Å². The van der Waals surface area contributed by atoms with Crippen molar-refractivity contribution < 1.29 is 4.39 Å². The van der Waals surface area contributed by atoms with Gasteiger partial charge in [0.2, 0.25) is 0 Å². The summed E-state index contributed by atoms with van der Waals surface area (Å²) in [7, 11) is 0. The van der Waals surface area contributed by atoms with Gasteiger partial charge in [0, 0.05) is 16.8 Å². The number of rotatable bonds is 0.